The standard InChI is InChI=1S/C25H29N5O2S/c1-18(16-23(31)28-20-6-5-7-22(17-20)29-13-3-4-14-29)27-24(32)19-8-10-21(11-9-19)30-15-12-26-25(30)33-2/h5-12,15,17-18H,3-4,13-14,16H2,1-2H3,(H,27,32)(H,28,31). The summed E-state index contributed by atoms with van der Waals surface area (Å²) in [6.07, 6.45) is 8.23. The third-order valence-corrected chi connectivity index (χ3v) is 6.33. The molecule has 8 heteroatoms. The Balaban J connectivity index is 1.30. The number of benzene rings is 2. The van der Waals surface area contributed by atoms with Crippen molar-refractivity contribution in [1.29, 1.82) is 0 Å². The molecule has 3 aromatic rings. The van der Waals surface area contributed by atoms with Gasteiger partial charge in [-0.1, -0.05) is 17.8 Å². The Labute approximate surface area is 198 Å². The van der Waals surface area contributed by atoms with Crippen LogP contribution in [-0.2, 0) is 4.79 Å². The maximum Gasteiger partial charge on any atom is 0.251 e. The van der Waals surface area contributed by atoms with Crippen LogP contribution in [0.4, 0.5) is 11.4 Å². The first-order valence-corrected chi connectivity index (χ1v) is 12.4. The van der Waals surface area contributed by atoms with Gasteiger partial charge in [0.25, 0.3) is 5.91 Å². The van der Waals surface area contributed by atoms with Gasteiger partial charge in [0.2, 0.25) is 5.91 Å². The van der Waals surface area contributed by atoms with Crippen LogP contribution in [0.15, 0.2) is 66.1 Å². The van der Waals surface area contributed by atoms with E-state index in [2.05, 4.69) is 26.6 Å². The zero-order chi connectivity index (χ0) is 23.2. The van der Waals surface area contributed by atoms with Gasteiger partial charge in [-0.15, -0.1) is 0 Å². The van der Waals surface area contributed by atoms with Crippen LogP contribution >= 0.6 is 11.8 Å². The maximum atomic E-state index is 12.6. The summed E-state index contributed by atoms with van der Waals surface area (Å²) in [4.78, 5) is 31.8. The van der Waals surface area contributed by atoms with Gasteiger partial charge in [0, 0.05) is 60.6 Å². The van der Waals surface area contributed by atoms with Gasteiger partial charge in [0.15, 0.2) is 5.16 Å². The molecule has 1 fully saturated rings. The average Bonchev–Trinajstić information content (AvgIpc) is 3.51. The van der Waals surface area contributed by atoms with Crippen LogP contribution in [0.25, 0.3) is 5.69 Å². The summed E-state index contributed by atoms with van der Waals surface area (Å²) in [5.74, 6) is -0.324. The number of rotatable bonds is 8. The number of nitrogens with one attached hydrogen (secondary N) is 2. The fourth-order valence-electron chi connectivity index (χ4n) is 4.01. The Bertz CT molecular complexity index is 1110. The predicted molar refractivity (Wildman–Crippen MR) is 133 cm³/mol. The van der Waals surface area contributed by atoms with E-state index < -0.39 is 0 Å². The van der Waals surface area contributed by atoms with Crippen molar-refractivity contribution in [2.75, 3.05) is 29.6 Å². The van der Waals surface area contributed by atoms with Gasteiger partial charge in [0.1, 0.15) is 0 Å². The second-order valence-corrected chi connectivity index (χ2v) is 8.98. The average molecular weight is 464 g/mol. The second kappa shape index (κ2) is 10.6. The van der Waals surface area contributed by atoms with Crippen molar-refractivity contribution in [1.82, 2.24) is 14.9 Å². The molecule has 0 saturated carbocycles. The fraction of sp³-hybridized carbons (Fsp3) is 0.320. The number of hydrogen-bond acceptors (Lipinski definition) is 5. The Morgan fingerprint density at radius 3 is 2.58 bits per heavy atom. The molecule has 0 aliphatic carbocycles. The van der Waals surface area contributed by atoms with Gasteiger partial charge in [-0.3, -0.25) is 14.2 Å². The van der Waals surface area contributed by atoms with Gasteiger partial charge < -0.3 is 15.5 Å². The molecule has 1 unspecified atom stereocenters. The summed E-state index contributed by atoms with van der Waals surface area (Å²) < 4.78 is 1.97. The minimum absolute atomic E-state index is 0.124. The van der Waals surface area contributed by atoms with Crippen molar-refractivity contribution >= 4 is 35.0 Å². The van der Waals surface area contributed by atoms with Gasteiger partial charge >= 0.3 is 0 Å². The van der Waals surface area contributed by atoms with E-state index in [-0.39, 0.29) is 24.3 Å². The molecule has 0 radical (unpaired) electrons. The number of aromatic nitrogens is 2. The molecule has 2 N–H and O–H groups in total. The molecule has 1 atom stereocenters. The topological polar surface area (TPSA) is 79.3 Å². The summed E-state index contributed by atoms with van der Waals surface area (Å²) in [6, 6.07) is 15.0. The van der Waals surface area contributed by atoms with E-state index in [1.165, 1.54) is 12.8 Å². The van der Waals surface area contributed by atoms with E-state index >= 15 is 0 Å². The molecule has 33 heavy (non-hydrogen) atoms. The van der Waals surface area contributed by atoms with Crippen molar-refractivity contribution in [2.24, 2.45) is 0 Å². The van der Waals surface area contributed by atoms with Gasteiger partial charge in [-0.2, -0.15) is 0 Å². The fourth-order valence-corrected chi connectivity index (χ4v) is 4.54. The quantitative estimate of drug-likeness (QED) is 0.486. The highest BCUT2D eigenvalue weighted by atomic mass is 32.2. The largest absolute Gasteiger partial charge is 0.371 e. The van der Waals surface area contributed by atoms with Crippen LogP contribution in [0.1, 0.15) is 36.5 Å². The van der Waals surface area contributed by atoms with E-state index in [9.17, 15) is 9.59 Å². The number of carbonyl (C=O) groups is 2. The first-order valence-electron chi connectivity index (χ1n) is 11.2. The summed E-state index contributed by atoms with van der Waals surface area (Å²) in [5, 5.41) is 6.76. The van der Waals surface area contributed by atoms with E-state index in [4.69, 9.17) is 0 Å². The van der Waals surface area contributed by atoms with Gasteiger partial charge in [-0.05, 0) is 68.5 Å². The Morgan fingerprint density at radius 2 is 1.85 bits per heavy atom. The highest BCUT2D eigenvalue weighted by Gasteiger charge is 2.16. The van der Waals surface area contributed by atoms with Crippen LogP contribution in [0, 0.1) is 0 Å². The first kappa shape index (κ1) is 22.9. The van der Waals surface area contributed by atoms with Crippen molar-refractivity contribution in [3.05, 3.63) is 66.5 Å². The number of thioether (sulfide) groups is 1. The van der Waals surface area contributed by atoms with E-state index in [0.717, 1.165) is 35.3 Å². The molecule has 1 aromatic heterocycles. The van der Waals surface area contributed by atoms with Gasteiger partial charge in [-0.25, -0.2) is 4.98 Å². The molecule has 172 valence electrons. The Morgan fingerprint density at radius 1 is 1.09 bits per heavy atom. The Hall–Kier alpha value is -3.26. The highest BCUT2D eigenvalue weighted by molar-refractivity contribution is 7.98. The van der Waals surface area contributed by atoms with Crippen LogP contribution in [0.3, 0.4) is 0 Å². The molecule has 1 aliphatic heterocycles. The van der Waals surface area contributed by atoms with E-state index in [1.807, 2.05) is 54.3 Å². The van der Waals surface area contributed by atoms with Crippen LogP contribution in [0.2, 0.25) is 0 Å². The monoisotopic (exact) mass is 463 g/mol. The minimum atomic E-state index is -0.296. The highest BCUT2D eigenvalue weighted by Crippen LogP contribution is 2.23. The number of anilines is 2. The first-order chi connectivity index (χ1) is 16.0. The molecule has 1 saturated heterocycles. The third kappa shape index (κ3) is 5.76. The number of hydrogen-bond donors (Lipinski definition) is 2. The van der Waals surface area contributed by atoms with Crippen LogP contribution in [-0.4, -0.2) is 46.8 Å². The summed E-state index contributed by atoms with van der Waals surface area (Å²) in [7, 11) is 0. The van der Waals surface area contributed by atoms with Crippen molar-refractivity contribution in [2.45, 2.75) is 37.4 Å². The van der Waals surface area contributed by atoms with Crippen LogP contribution in [0.5, 0.6) is 0 Å². The zero-order valence-electron chi connectivity index (χ0n) is 19.0. The van der Waals surface area contributed by atoms with Crippen molar-refractivity contribution in [3.63, 3.8) is 0 Å². The molecule has 0 bridgehead atoms. The molecule has 2 aromatic carbocycles. The second-order valence-electron chi connectivity index (χ2n) is 8.20. The number of nitrogens with zero attached hydrogens (tertiary/aromatic N) is 3. The molecule has 0 spiro atoms. The minimum Gasteiger partial charge on any atom is -0.371 e. The van der Waals surface area contributed by atoms with E-state index in [1.54, 1.807) is 30.1 Å². The zero-order valence-corrected chi connectivity index (χ0v) is 19.8. The number of amides is 2. The number of carbonyl (C=O) groups excluding carboxylic acids is 2. The lowest BCUT2D eigenvalue weighted by atomic mass is 10.1. The maximum absolute atomic E-state index is 12.6. The molecule has 7 nitrogen and oxygen atoms in total. The Kier molecular flexibility index (Phi) is 7.34. The third-order valence-electron chi connectivity index (χ3n) is 5.67. The number of imidazole rings is 1. The summed E-state index contributed by atoms with van der Waals surface area (Å²) >= 11 is 1.56. The van der Waals surface area contributed by atoms with Crippen molar-refractivity contribution < 1.29 is 9.59 Å². The molecule has 2 amide bonds. The summed E-state index contributed by atoms with van der Waals surface area (Å²) in [5.41, 5.74) is 3.41. The lowest BCUT2D eigenvalue weighted by Gasteiger charge is -2.19. The lowest BCUT2D eigenvalue weighted by Crippen LogP contribution is -2.35. The van der Waals surface area contributed by atoms with Crippen molar-refractivity contribution in [3.8, 4) is 5.69 Å². The van der Waals surface area contributed by atoms with Crippen LogP contribution < -0.4 is 15.5 Å². The molecule has 2 heterocycles. The lowest BCUT2D eigenvalue weighted by molar-refractivity contribution is -0.116. The smallest absolute Gasteiger partial charge is 0.251 e. The normalized spacial score (nSPS) is 14.2. The molecular formula is C25H29N5O2S. The molecule has 4 rings (SSSR count). The SMILES string of the molecule is CSc1nccn1-c1ccc(C(=O)NC(C)CC(=O)Nc2cccc(N3CCCC3)c2)cc1. The van der Waals surface area contributed by atoms with E-state index in [0.29, 0.717) is 5.56 Å². The van der Waals surface area contributed by atoms with Gasteiger partial charge in [0.05, 0.1) is 0 Å². The molecular weight excluding hydrogens is 434 g/mol. The molecule has 1 aliphatic rings. The summed E-state index contributed by atoms with van der Waals surface area (Å²) in [6.45, 7) is 3.95. The predicted octanol–water partition coefficient (Wildman–Crippen LogP) is 4.34.